The molecule has 18 heavy (non-hydrogen) atoms. The number of hydrogen-bond donors (Lipinski definition) is 0. The molecule has 1 aliphatic heterocycles. The average Bonchev–Trinajstić information content (AvgIpc) is 2.80. The fourth-order valence-corrected chi connectivity index (χ4v) is 2.41. The minimum absolute atomic E-state index is 0.183. The van der Waals surface area contributed by atoms with Gasteiger partial charge < -0.3 is 4.90 Å². The number of rotatable bonds is 2. The smallest absolute Gasteiger partial charge is 0.370 e. The molecule has 0 spiro atoms. The number of alkyl halides is 3. The highest BCUT2D eigenvalue weighted by molar-refractivity contribution is 6.33. The first-order valence-electron chi connectivity index (χ1n) is 5.54. The number of halogens is 4. The van der Waals surface area contributed by atoms with Crippen molar-refractivity contribution in [1.82, 2.24) is 0 Å². The van der Waals surface area contributed by atoms with Crippen LogP contribution < -0.4 is 4.90 Å². The molecule has 0 saturated carbocycles. The van der Waals surface area contributed by atoms with Crippen molar-refractivity contribution < 1.29 is 18.0 Å². The van der Waals surface area contributed by atoms with Gasteiger partial charge in [0, 0.05) is 18.7 Å². The molecule has 98 valence electrons. The highest BCUT2D eigenvalue weighted by Gasteiger charge is 2.35. The second kappa shape index (κ2) is 4.80. The predicted molar refractivity (Wildman–Crippen MR) is 63.3 cm³/mol. The Morgan fingerprint density at radius 3 is 2.33 bits per heavy atom. The first-order chi connectivity index (χ1) is 8.43. The lowest BCUT2D eigenvalue weighted by Gasteiger charge is -2.21. The van der Waals surface area contributed by atoms with Crippen molar-refractivity contribution in [2.75, 3.05) is 18.0 Å². The van der Waals surface area contributed by atoms with Crippen molar-refractivity contribution >= 4 is 23.6 Å². The van der Waals surface area contributed by atoms with Crippen LogP contribution in [0.25, 0.3) is 0 Å². The number of aldehydes is 1. The average molecular weight is 278 g/mol. The van der Waals surface area contributed by atoms with Crippen molar-refractivity contribution in [3.05, 3.63) is 28.3 Å². The lowest BCUT2D eigenvalue weighted by Crippen LogP contribution is -2.20. The third-order valence-corrected chi connectivity index (χ3v) is 3.30. The van der Waals surface area contributed by atoms with E-state index in [1.54, 1.807) is 0 Å². The van der Waals surface area contributed by atoms with Gasteiger partial charge in [0.15, 0.2) is 6.29 Å². The summed E-state index contributed by atoms with van der Waals surface area (Å²) in [6.07, 6.45) is -2.49. The van der Waals surface area contributed by atoms with Gasteiger partial charge >= 0.3 is 6.18 Å². The molecule has 0 unspecified atom stereocenters. The van der Waals surface area contributed by atoms with E-state index in [1.165, 1.54) is 0 Å². The first kappa shape index (κ1) is 13.2. The van der Waals surface area contributed by atoms with Crippen LogP contribution in [0.5, 0.6) is 0 Å². The van der Waals surface area contributed by atoms with E-state index >= 15 is 0 Å². The number of carbonyl (C=O) groups excluding carboxylic acids is 1. The van der Waals surface area contributed by atoms with Crippen LogP contribution in [0.3, 0.4) is 0 Å². The maximum Gasteiger partial charge on any atom is 0.417 e. The number of hydrogen-bond acceptors (Lipinski definition) is 2. The highest BCUT2D eigenvalue weighted by Crippen LogP contribution is 2.38. The SMILES string of the molecule is O=Cc1cc(Cl)c(N2CCCC2)cc1C(F)(F)F. The number of nitrogens with zero attached hydrogens (tertiary/aromatic N) is 1. The van der Waals surface area contributed by atoms with Gasteiger partial charge in [0.1, 0.15) is 0 Å². The fraction of sp³-hybridized carbons (Fsp3) is 0.417. The van der Waals surface area contributed by atoms with Crippen LogP contribution in [0.4, 0.5) is 18.9 Å². The molecule has 1 saturated heterocycles. The molecule has 0 N–H and O–H groups in total. The van der Waals surface area contributed by atoms with E-state index in [-0.39, 0.29) is 11.3 Å². The molecule has 6 heteroatoms. The molecule has 1 aromatic carbocycles. The Bertz CT molecular complexity index is 467. The molecule has 1 heterocycles. The zero-order chi connectivity index (χ0) is 13.3. The molecule has 1 aliphatic rings. The van der Waals surface area contributed by atoms with Crippen LogP contribution in [0.2, 0.25) is 5.02 Å². The Balaban J connectivity index is 2.51. The van der Waals surface area contributed by atoms with E-state index in [9.17, 15) is 18.0 Å². The van der Waals surface area contributed by atoms with E-state index in [0.717, 1.165) is 25.0 Å². The van der Waals surface area contributed by atoms with Crippen LogP contribution >= 0.6 is 11.6 Å². The van der Waals surface area contributed by atoms with Gasteiger partial charge in [-0.15, -0.1) is 0 Å². The van der Waals surface area contributed by atoms with Gasteiger partial charge in [-0.2, -0.15) is 13.2 Å². The molecule has 1 fully saturated rings. The number of carbonyl (C=O) groups is 1. The fourth-order valence-electron chi connectivity index (χ4n) is 2.12. The first-order valence-corrected chi connectivity index (χ1v) is 5.92. The van der Waals surface area contributed by atoms with Gasteiger partial charge in [-0.05, 0) is 25.0 Å². The number of anilines is 1. The van der Waals surface area contributed by atoms with E-state index in [2.05, 4.69) is 0 Å². The highest BCUT2D eigenvalue weighted by atomic mass is 35.5. The summed E-state index contributed by atoms with van der Waals surface area (Å²) in [5, 5.41) is 0.187. The summed E-state index contributed by atoms with van der Waals surface area (Å²) in [6.45, 7) is 1.38. The second-order valence-corrected chi connectivity index (χ2v) is 4.61. The Morgan fingerprint density at radius 2 is 1.83 bits per heavy atom. The second-order valence-electron chi connectivity index (χ2n) is 4.20. The summed E-state index contributed by atoms with van der Waals surface area (Å²) in [5.74, 6) is 0. The third-order valence-electron chi connectivity index (χ3n) is 3.00. The normalized spacial score (nSPS) is 16.1. The Hall–Kier alpha value is -1.23. The van der Waals surface area contributed by atoms with Crippen LogP contribution in [-0.2, 0) is 6.18 Å². The summed E-state index contributed by atoms with van der Waals surface area (Å²) in [6, 6.07) is 2.06. The molecule has 0 bridgehead atoms. The largest absolute Gasteiger partial charge is 0.417 e. The van der Waals surface area contributed by atoms with Crippen molar-refractivity contribution in [3.8, 4) is 0 Å². The zero-order valence-corrected chi connectivity index (χ0v) is 10.2. The standard InChI is InChI=1S/C12H11ClF3NO/c13-10-5-8(7-18)9(12(14,15)16)6-11(10)17-3-1-2-4-17/h5-7H,1-4H2. The van der Waals surface area contributed by atoms with Crippen molar-refractivity contribution in [3.63, 3.8) is 0 Å². The minimum atomic E-state index is -4.55. The molecule has 0 radical (unpaired) electrons. The van der Waals surface area contributed by atoms with Crippen molar-refractivity contribution in [2.45, 2.75) is 19.0 Å². The molecule has 0 aromatic heterocycles. The molecule has 1 aromatic rings. The van der Waals surface area contributed by atoms with Gasteiger partial charge in [0.05, 0.1) is 16.3 Å². The lowest BCUT2D eigenvalue weighted by molar-refractivity contribution is -0.137. The predicted octanol–water partition coefficient (Wildman–Crippen LogP) is 3.77. The van der Waals surface area contributed by atoms with E-state index in [1.807, 2.05) is 4.90 Å². The van der Waals surface area contributed by atoms with Gasteiger partial charge in [0.25, 0.3) is 0 Å². The van der Waals surface area contributed by atoms with Crippen LogP contribution in [0, 0.1) is 0 Å². The molecule has 2 nitrogen and oxygen atoms in total. The van der Waals surface area contributed by atoms with E-state index < -0.39 is 17.3 Å². The van der Waals surface area contributed by atoms with Crippen LogP contribution in [-0.4, -0.2) is 19.4 Å². The quantitative estimate of drug-likeness (QED) is 0.767. The molecule has 0 aliphatic carbocycles. The molecule has 0 atom stereocenters. The van der Waals surface area contributed by atoms with E-state index in [0.29, 0.717) is 18.8 Å². The van der Waals surface area contributed by atoms with Gasteiger partial charge in [-0.25, -0.2) is 0 Å². The third kappa shape index (κ3) is 2.46. The summed E-state index contributed by atoms with van der Waals surface area (Å²) in [7, 11) is 0. The van der Waals surface area contributed by atoms with E-state index in [4.69, 9.17) is 11.6 Å². The Kier molecular flexibility index (Phi) is 3.52. The summed E-state index contributed by atoms with van der Waals surface area (Å²) >= 11 is 5.94. The summed E-state index contributed by atoms with van der Waals surface area (Å²) in [4.78, 5) is 12.5. The summed E-state index contributed by atoms with van der Waals surface area (Å²) in [5.41, 5.74) is -0.994. The Morgan fingerprint density at radius 1 is 1.22 bits per heavy atom. The maximum absolute atomic E-state index is 12.8. The van der Waals surface area contributed by atoms with Crippen LogP contribution in [0.1, 0.15) is 28.8 Å². The minimum Gasteiger partial charge on any atom is -0.370 e. The molecular formula is C12H11ClF3NO. The maximum atomic E-state index is 12.8. The van der Waals surface area contributed by atoms with Gasteiger partial charge in [0.2, 0.25) is 0 Å². The van der Waals surface area contributed by atoms with Gasteiger partial charge in [-0.1, -0.05) is 11.6 Å². The monoisotopic (exact) mass is 277 g/mol. The molecular weight excluding hydrogens is 267 g/mol. The zero-order valence-electron chi connectivity index (χ0n) is 9.43. The molecule has 2 rings (SSSR count). The molecule has 0 amide bonds. The Labute approximate surface area is 107 Å². The lowest BCUT2D eigenvalue weighted by atomic mass is 10.1. The summed E-state index contributed by atoms with van der Waals surface area (Å²) < 4.78 is 38.4. The van der Waals surface area contributed by atoms with Crippen molar-refractivity contribution in [2.24, 2.45) is 0 Å². The number of benzene rings is 1. The van der Waals surface area contributed by atoms with Crippen molar-refractivity contribution in [1.29, 1.82) is 0 Å². The van der Waals surface area contributed by atoms with Gasteiger partial charge in [-0.3, -0.25) is 4.79 Å². The van der Waals surface area contributed by atoms with Crippen LogP contribution in [0.15, 0.2) is 12.1 Å². The topological polar surface area (TPSA) is 20.3 Å².